The molecule has 0 atom stereocenters. The highest BCUT2D eigenvalue weighted by Gasteiger charge is 2.25. The number of anilines is 2. The van der Waals surface area contributed by atoms with Gasteiger partial charge in [0, 0.05) is 55.7 Å². The van der Waals surface area contributed by atoms with E-state index >= 15 is 0 Å². The van der Waals surface area contributed by atoms with Gasteiger partial charge in [0.05, 0.1) is 24.8 Å². The van der Waals surface area contributed by atoms with Crippen LogP contribution in [0.5, 0.6) is 5.75 Å². The van der Waals surface area contributed by atoms with Gasteiger partial charge < -0.3 is 24.6 Å². The van der Waals surface area contributed by atoms with Crippen LogP contribution < -0.4 is 15.0 Å². The van der Waals surface area contributed by atoms with E-state index in [0.717, 1.165) is 86.9 Å². The van der Waals surface area contributed by atoms with Gasteiger partial charge in [0.1, 0.15) is 11.3 Å². The molecule has 0 spiro atoms. The molecule has 0 radical (unpaired) electrons. The Kier molecular flexibility index (Phi) is 7.83. The Labute approximate surface area is 225 Å². The quantitative estimate of drug-likeness (QED) is 0.494. The molecule has 3 fully saturated rings. The average Bonchev–Trinajstić information content (AvgIpc) is 2.99. The van der Waals surface area contributed by atoms with Crippen molar-refractivity contribution in [1.82, 2.24) is 24.8 Å². The van der Waals surface area contributed by atoms with Crippen LogP contribution in [0.1, 0.15) is 56.9 Å². The maximum Gasteiger partial charge on any atom is 0.222 e. The van der Waals surface area contributed by atoms with Gasteiger partial charge in [0.25, 0.3) is 0 Å². The maximum absolute atomic E-state index is 6.57. The van der Waals surface area contributed by atoms with Crippen molar-refractivity contribution in [3.63, 3.8) is 0 Å². The van der Waals surface area contributed by atoms with Crippen LogP contribution in [0, 0.1) is 0 Å². The molecule has 0 amide bonds. The number of morpholine rings is 1. The Hall–Kier alpha value is -3.04. The molecule has 38 heavy (non-hydrogen) atoms. The van der Waals surface area contributed by atoms with Gasteiger partial charge >= 0.3 is 0 Å². The van der Waals surface area contributed by atoms with E-state index in [0.29, 0.717) is 12.0 Å². The molecule has 3 aromatic rings. The summed E-state index contributed by atoms with van der Waals surface area (Å²) in [6.07, 6.45) is 14.1. The Morgan fingerprint density at radius 2 is 1.63 bits per heavy atom. The number of rotatable bonds is 7. The molecule has 0 unspecified atom stereocenters. The number of ether oxygens (including phenoxy) is 2. The first-order valence-electron chi connectivity index (χ1n) is 14.3. The average molecular weight is 518 g/mol. The van der Waals surface area contributed by atoms with Crippen LogP contribution in [0.3, 0.4) is 0 Å². The maximum atomic E-state index is 6.57. The molecule has 1 N–H and O–H groups in total. The summed E-state index contributed by atoms with van der Waals surface area (Å²) in [4.78, 5) is 23.3. The van der Waals surface area contributed by atoms with Crippen LogP contribution in [-0.4, -0.2) is 82.9 Å². The van der Waals surface area contributed by atoms with Crippen molar-refractivity contribution in [2.45, 2.75) is 63.5 Å². The van der Waals surface area contributed by atoms with Crippen molar-refractivity contribution < 1.29 is 9.47 Å². The highest BCUT2D eigenvalue weighted by atomic mass is 16.5. The van der Waals surface area contributed by atoms with Crippen molar-refractivity contribution in [3.05, 3.63) is 42.5 Å². The van der Waals surface area contributed by atoms with E-state index in [2.05, 4.69) is 54.1 Å². The molecule has 1 saturated carbocycles. The van der Waals surface area contributed by atoms with E-state index in [9.17, 15) is 0 Å². The number of piperidine rings is 1. The zero-order valence-corrected chi connectivity index (χ0v) is 22.4. The Morgan fingerprint density at radius 1 is 0.895 bits per heavy atom. The second kappa shape index (κ2) is 11.8. The standard InChI is InChI=1S/C29H39N7O2/c1-2-35-11-7-21(8-12-35)22-19-32-29(33-20-22)34-23-3-5-25(6-4-23)38-27-18-24(36-13-15-37-16-14-36)17-26-28(27)31-10-9-30-26/h9-10,17-21,23,25H,2-8,11-16H2,1H3,(H,32,33,34). The first-order chi connectivity index (χ1) is 18.7. The fourth-order valence-corrected chi connectivity index (χ4v) is 6.02. The van der Waals surface area contributed by atoms with Gasteiger partial charge in [-0.1, -0.05) is 6.92 Å². The summed E-state index contributed by atoms with van der Waals surface area (Å²) in [5, 5.41) is 3.57. The topological polar surface area (TPSA) is 88.5 Å². The van der Waals surface area contributed by atoms with Crippen molar-refractivity contribution in [3.8, 4) is 5.75 Å². The summed E-state index contributed by atoms with van der Waals surface area (Å²) in [7, 11) is 0. The third-order valence-corrected chi connectivity index (χ3v) is 8.38. The van der Waals surface area contributed by atoms with Gasteiger partial charge in [-0.15, -0.1) is 0 Å². The summed E-state index contributed by atoms with van der Waals surface area (Å²) in [6, 6.07) is 4.61. The number of nitrogens with one attached hydrogen (secondary N) is 1. The predicted octanol–water partition coefficient (Wildman–Crippen LogP) is 4.26. The van der Waals surface area contributed by atoms with E-state index in [1.165, 1.54) is 31.5 Å². The molecule has 2 aromatic heterocycles. The largest absolute Gasteiger partial charge is 0.488 e. The molecule has 0 bridgehead atoms. The van der Waals surface area contributed by atoms with Gasteiger partial charge in [-0.3, -0.25) is 4.98 Å². The van der Waals surface area contributed by atoms with Crippen molar-refractivity contribution in [2.75, 3.05) is 56.2 Å². The van der Waals surface area contributed by atoms with Crippen LogP contribution in [0.15, 0.2) is 36.9 Å². The molecule has 3 aliphatic rings. The second-order valence-corrected chi connectivity index (χ2v) is 10.8. The predicted molar refractivity (Wildman–Crippen MR) is 149 cm³/mol. The van der Waals surface area contributed by atoms with E-state index in [1.54, 1.807) is 12.4 Å². The minimum absolute atomic E-state index is 0.162. The minimum atomic E-state index is 0.162. The minimum Gasteiger partial charge on any atom is -0.488 e. The fourth-order valence-electron chi connectivity index (χ4n) is 6.02. The number of nitrogens with zero attached hydrogens (tertiary/aromatic N) is 6. The molecule has 2 aliphatic heterocycles. The highest BCUT2D eigenvalue weighted by Crippen LogP contribution is 2.33. The summed E-state index contributed by atoms with van der Waals surface area (Å²) in [6.45, 7) is 8.98. The molecular formula is C29H39N7O2. The lowest BCUT2D eigenvalue weighted by atomic mass is 9.91. The first-order valence-corrected chi connectivity index (χ1v) is 14.3. The van der Waals surface area contributed by atoms with Gasteiger partial charge in [-0.05, 0) is 75.7 Å². The molecule has 9 nitrogen and oxygen atoms in total. The number of likely N-dealkylation sites (tertiary alicyclic amines) is 1. The molecule has 6 rings (SSSR count). The number of hydrogen-bond donors (Lipinski definition) is 1. The Balaban J connectivity index is 1.04. The summed E-state index contributed by atoms with van der Waals surface area (Å²) < 4.78 is 12.1. The first kappa shape index (κ1) is 25.2. The van der Waals surface area contributed by atoms with Crippen molar-refractivity contribution in [1.29, 1.82) is 0 Å². The van der Waals surface area contributed by atoms with Crippen LogP contribution in [0.4, 0.5) is 11.6 Å². The Bertz CT molecular complexity index is 1190. The number of fused-ring (bicyclic) bond motifs is 1. The van der Waals surface area contributed by atoms with Crippen LogP contribution in [0.25, 0.3) is 11.0 Å². The van der Waals surface area contributed by atoms with Gasteiger partial charge in [-0.25, -0.2) is 15.0 Å². The number of aromatic nitrogens is 4. The monoisotopic (exact) mass is 517 g/mol. The van der Waals surface area contributed by atoms with Crippen LogP contribution in [-0.2, 0) is 4.74 Å². The lowest BCUT2D eigenvalue weighted by Gasteiger charge is -2.32. The number of hydrogen-bond acceptors (Lipinski definition) is 9. The van der Waals surface area contributed by atoms with Gasteiger partial charge in [0.2, 0.25) is 5.95 Å². The normalized spacial score (nSPS) is 23.4. The lowest BCUT2D eigenvalue weighted by Crippen LogP contribution is -2.36. The van der Waals surface area contributed by atoms with E-state index in [4.69, 9.17) is 9.47 Å². The van der Waals surface area contributed by atoms with Gasteiger partial charge in [-0.2, -0.15) is 0 Å². The molecular weight excluding hydrogens is 478 g/mol. The summed E-state index contributed by atoms with van der Waals surface area (Å²) >= 11 is 0. The molecule has 2 saturated heterocycles. The zero-order chi connectivity index (χ0) is 25.7. The number of benzene rings is 1. The third kappa shape index (κ3) is 5.83. The molecule has 202 valence electrons. The van der Waals surface area contributed by atoms with E-state index in [1.807, 2.05) is 12.4 Å². The molecule has 4 heterocycles. The fraction of sp³-hybridized carbons (Fsp3) is 0.586. The van der Waals surface area contributed by atoms with Crippen molar-refractivity contribution in [2.24, 2.45) is 0 Å². The highest BCUT2D eigenvalue weighted by molar-refractivity contribution is 5.85. The SMILES string of the molecule is CCN1CCC(c2cnc(NC3CCC(Oc4cc(N5CCOCC5)cc5nccnc45)CC3)nc2)CC1. The summed E-state index contributed by atoms with van der Waals surface area (Å²) in [5.41, 5.74) is 4.11. The molecule has 1 aliphatic carbocycles. The molecule has 9 heteroatoms. The van der Waals surface area contributed by atoms with Crippen LogP contribution in [0.2, 0.25) is 0 Å². The van der Waals surface area contributed by atoms with Gasteiger partial charge in [0.15, 0.2) is 0 Å². The van der Waals surface area contributed by atoms with E-state index in [-0.39, 0.29) is 6.10 Å². The molecule has 1 aromatic carbocycles. The third-order valence-electron chi connectivity index (χ3n) is 8.38. The Morgan fingerprint density at radius 3 is 2.37 bits per heavy atom. The van der Waals surface area contributed by atoms with Crippen molar-refractivity contribution >= 4 is 22.7 Å². The van der Waals surface area contributed by atoms with Crippen LogP contribution >= 0.6 is 0 Å². The lowest BCUT2D eigenvalue weighted by molar-refractivity contribution is 0.122. The zero-order valence-electron chi connectivity index (χ0n) is 22.4. The summed E-state index contributed by atoms with van der Waals surface area (Å²) in [5.74, 6) is 2.16. The van der Waals surface area contributed by atoms with E-state index < -0.39 is 0 Å². The smallest absolute Gasteiger partial charge is 0.222 e. The second-order valence-electron chi connectivity index (χ2n) is 10.8.